The molecular weight excluding hydrogens is 289 g/mol. The molecule has 1 N–H and O–H groups in total. The molecule has 0 aromatic heterocycles. The number of fused-ring (bicyclic) bond motifs is 1. The summed E-state index contributed by atoms with van der Waals surface area (Å²) in [6.45, 7) is 1.23. The first-order chi connectivity index (χ1) is 9.32. The van der Waals surface area contributed by atoms with Crippen LogP contribution < -0.4 is 4.90 Å². The zero-order valence-electron chi connectivity index (χ0n) is 10.3. The van der Waals surface area contributed by atoms with E-state index in [4.69, 9.17) is 16.7 Å². The summed E-state index contributed by atoms with van der Waals surface area (Å²) in [4.78, 5) is 35.2. The first kappa shape index (κ1) is 14.2. The molecule has 0 atom stereocenters. The van der Waals surface area contributed by atoms with E-state index in [1.165, 1.54) is 13.0 Å². The number of anilines is 1. The van der Waals surface area contributed by atoms with Crippen molar-refractivity contribution in [1.29, 1.82) is 0 Å². The Kier molecular flexibility index (Phi) is 3.59. The summed E-state index contributed by atoms with van der Waals surface area (Å²) in [6.07, 6.45) is 1.27. The van der Waals surface area contributed by atoms with Crippen molar-refractivity contribution >= 4 is 34.9 Å². The van der Waals surface area contributed by atoms with Crippen LogP contribution in [0.1, 0.15) is 17.3 Å². The van der Waals surface area contributed by atoms with E-state index in [-0.39, 0.29) is 28.4 Å². The van der Waals surface area contributed by atoms with Gasteiger partial charge in [-0.3, -0.25) is 9.59 Å². The lowest BCUT2D eigenvalue weighted by Gasteiger charge is -2.14. The van der Waals surface area contributed by atoms with Crippen LogP contribution in [0.25, 0.3) is 0 Å². The van der Waals surface area contributed by atoms with E-state index in [0.29, 0.717) is 0 Å². The maximum absolute atomic E-state index is 13.4. The zero-order valence-corrected chi connectivity index (χ0v) is 11.1. The molecule has 1 heterocycles. The molecule has 0 saturated carbocycles. The van der Waals surface area contributed by atoms with Crippen molar-refractivity contribution in [2.24, 2.45) is 0 Å². The molecule has 20 heavy (non-hydrogen) atoms. The molecule has 0 unspecified atom stereocenters. The number of halogens is 2. The Morgan fingerprint density at radius 3 is 2.70 bits per heavy atom. The number of carboxylic acid groups (broad SMARTS) is 1. The summed E-state index contributed by atoms with van der Waals surface area (Å²) in [7, 11) is 0. The van der Waals surface area contributed by atoms with E-state index in [1.54, 1.807) is 0 Å². The van der Waals surface area contributed by atoms with Crippen LogP contribution in [0.3, 0.4) is 0 Å². The Morgan fingerprint density at radius 1 is 1.45 bits per heavy atom. The van der Waals surface area contributed by atoms with Gasteiger partial charge in [-0.25, -0.2) is 9.18 Å². The third-order valence-electron chi connectivity index (χ3n) is 2.93. The van der Waals surface area contributed by atoms with E-state index in [0.717, 1.165) is 17.0 Å². The first-order valence-corrected chi connectivity index (χ1v) is 5.96. The Morgan fingerprint density at radius 2 is 2.10 bits per heavy atom. The van der Waals surface area contributed by atoms with Gasteiger partial charge >= 0.3 is 5.97 Å². The molecule has 1 aromatic rings. The average molecular weight is 298 g/mol. The minimum Gasteiger partial charge on any atom is -0.478 e. The van der Waals surface area contributed by atoms with Crippen molar-refractivity contribution in [3.63, 3.8) is 0 Å². The summed E-state index contributed by atoms with van der Waals surface area (Å²) in [5.41, 5.74) is 0.132. The number of hydrogen-bond acceptors (Lipinski definition) is 3. The average Bonchev–Trinajstić information content (AvgIpc) is 2.61. The van der Waals surface area contributed by atoms with Gasteiger partial charge in [0.1, 0.15) is 5.82 Å². The molecule has 1 aliphatic rings. The molecule has 1 aliphatic heterocycles. The first-order valence-electron chi connectivity index (χ1n) is 5.58. The smallest absolute Gasteiger partial charge is 0.331 e. The van der Waals surface area contributed by atoms with Crippen molar-refractivity contribution in [1.82, 2.24) is 0 Å². The molecule has 0 bridgehead atoms. The molecule has 7 heteroatoms. The number of Topliss-reactive ketones (excluding diaryl/α,β-unsaturated/α-hetero) is 1. The van der Waals surface area contributed by atoms with Gasteiger partial charge in [-0.05, 0) is 19.1 Å². The maximum Gasteiger partial charge on any atom is 0.331 e. The van der Waals surface area contributed by atoms with E-state index in [1.807, 2.05) is 0 Å². The number of aliphatic carboxylic acids is 1. The van der Waals surface area contributed by atoms with Crippen LogP contribution in [0, 0.1) is 5.82 Å². The molecule has 0 aliphatic carbocycles. The van der Waals surface area contributed by atoms with Gasteiger partial charge in [0, 0.05) is 12.1 Å². The topological polar surface area (TPSA) is 74.7 Å². The number of carbonyl (C=O) groups is 3. The largest absolute Gasteiger partial charge is 0.478 e. The number of rotatable bonds is 3. The van der Waals surface area contributed by atoms with Gasteiger partial charge in [-0.15, -0.1) is 0 Å². The standard InChI is InChI=1S/C13H9ClFNO4/c1-6(13(19)20)2-3-16-10-5-9(15)8(14)4-7(10)11(17)12(16)18/h2,4-5H,3H2,1H3,(H,19,20). The molecule has 0 spiro atoms. The molecule has 2 rings (SSSR count). The van der Waals surface area contributed by atoms with Crippen LogP contribution in [0.5, 0.6) is 0 Å². The van der Waals surface area contributed by atoms with Gasteiger partial charge in [0.25, 0.3) is 11.7 Å². The highest BCUT2D eigenvalue weighted by Crippen LogP contribution is 2.33. The van der Waals surface area contributed by atoms with Crippen LogP contribution in [0.4, 0.5) is 10.1 Å². The maximum atomic E-state index is 13.4. The van der Waals surface area contributed by atoms with Gasteiger partial charge < -0.3 is 10.0 Å². The van der Waals surface area contributed by atoms with Gasteiger partial charge in [0.15, 0.2) is 0 Å². The van der Waals surface area contributed by atoms with E-state index in [9.17, 15) is 18.8 Å². The molecule has 1 aromatic carbocycles. The predicted octanol–water partition coefficient (Wildman–Crippen LogP) is 2.04. The highest BCUT2D eigenvalue weighted by atomic mass is 35.5. The summed E-state index contributed by atoms with van der Waals surface area (Å²) < 4.78 is 13.4. The number of amides is 1. The third kappa shape index (κ3) is 2.30. The fraction of sp³-hybridized carbons (Fsp3) is 0.154. The van der Waals surface area contributed by atoms with Crippen LogP contribution in [-0.2, 0) is 9.59 Å². The van der Waals surface area contributed by atoms with E-state index >= 15 is 0 Å². The normalized spacial score (nSPS) is 14.8. The highest BCUT2D eigenvalue weighted by molar-refractivity contribution is 6.52. The number of benzene rings is 1. The second kappa shape index (κ2) is 5.05. The number of carbonyl (C=O) groups excluding carboxylic acids is 2. The summed E-state index contributed by atoms with van der Waals surface area (Å²) in [5, 5.41) is 8.49. The quantitative estimate of drug-likeness (QED) is 0.684. The lowest BCUT2D eigenvalue weighted by atomic mass is 10.1. The van der Waals surface area contributed by atoms with Gasteiger partial charge in [0.05, 0.1) is 16.3 Å². The van der Waals surface area contributed by atoms with Gasteiger partial charge in [0.2, 0.25) is 0 Å². The van der Waals surface area contributed by atoms with E-state index < -0.39 is 23.5 Å². The molecule has 0 radical (unpaired) electrons. The SMILES string of the molecule is CC(=CCN1C(=O)C(=O)c2cc(Cl)c(F)cc21)C(=O)O. The highest BCUT2D eigenvalue weighted by Gasteiger charge is 2.36. The summed E-state index contributed by atoms with van der Waals surface area (Å²) in [5.74, 6) is -3.51. The Balaban J connectivity index is 2.41. The number of nitrogens with zero attached hydrogens (tertiary/aromatic N) is 1. The van der Waals surface area contributed by atoms with Crippen molar-refractivity contribution in [2.45, 2.75) is 6.92 Å². The Bertz CT molecular complexity index is 669. The second-order valence-corrected chi connectivity index (χ2v) is 4.63. The second-order valence-electron chi connectivity index (χ2n) is 4.22. The van der Waals surface area contributed by atoms with Crippen LogP contribution in [0.15, 0.2) is 23.8 Å². The third-order valence-corrected chi connectivity index (χ3v) is 3.22. The van der Waals surface area contributed by atoms with Crippen molar-refractivity contribution in [3.8, 4) is 0 Å². The number of carboxylic acids is 1. The van der Waals surface area contributed by atoms with Gasteiger partial charge in [-0.2, -0.15) is 0 Å². The summed E-state index contributed by atoms with van der Waals surface area (Å²) in [6, 6.07) is 2.09. The van der Waals surface area contributed by atoms with Crippen LogP contribution >= 0.6 is 11.6 Å². The Labute approximate surface area is 118 Å². The predicted molar refractivity (Wildman–Crippen MR) is 69.5 cm³/mol. The van der Waals surface area contributed by atoms with Crippen molar-refractivity contribution < 1.29 is 23.9 Å². The van der Waals surface area contributed by atoms with Crippen molar-refractivity contribution in [2.75, 3.05) is 11.4 Å². The summed E-state index contributed by atoms with van der Waals surface area (Å²) >= 11 is 5.58. The molecule has 0 fully saturated rings. The molecule has 5 nitrogen and oxygen atoms in total. The minimum atomic E-state index is -1.13. The number of hydrogen-bond donors (Lipinski definition) is 1. The lowest BCUT2D eigenvalue weighted by Crippen LogP contribution is -2.30. The molecule has 104 valence electrons. The fourth-order valence-corrected chi connectivity index (χ4v) is 1.95. The van der Waals surface area contributed by atoms with Crippen LogP contribution in [-0.4, -0.2) is 29.3 Å². The monoisotopic (exact) mass is 297 g/mol. The van der Waals surface area contributed by atoms with Crippen molar-refractivity contribution in [3.05, 3.63) is 40.2 Å². The minimum absolute atomic E-state index is 0.0165. The fourth-order valence-electron chi connectivity index (χ4n) is 1.79. The zero-order chi connectivity index (χ0) is 15.0. The van der Waals surface area contributed by atoms with Crippen LogP contribution in [0.2, 0.25) is 5.02 Å². The van der Waals surface area contributed by atoms with Gasteiger partial charge in [-0.1, -0.05) is 17.7 Å². The molecule has 0 saturated heterocycles. The van der Waals surface area contributed by atoms with E-state index in [2.05, 4.69) is 0 Å². The lowest BCUT2D eigenvalue weighted by molar-refractivity contribution is -0.132. The molecule has 1 amide bonds. The molecular formula is C13H9ClFNO4. The Hall–Kier alpha value is -2.21. The number of ketones is 1.